The van der Waals surface area contributed by atoms with E-state index in [4.69, 9.17) is 5.73 Å². The number of rotatable bonds is 1. The Kier molecular flexibility index (Phi) is 2.04. The van der Waals surface area contributed by atoms with Gasteiger partial charge in [-0.05, 0) is 19.3 Å². The van der Waals surface area contributed by atoms with Gasteiger partial charge < -0.3 is 5.73 Å². The second kappa shape index (κ2) is 3.07. The molecule has 1 aliphatic carbocycles. The molecule has 0 spiro atoms. The molecule has 1 aromatic heterocycles. The van der Waals surface area contributed by atoms with Gasteiger partial charge >= 0.3 is 0 Å². The molecule has 2 rings (SSSR count). The van der Waals surface area contributed by atoms with Crippen LogP contribution in [0.5, 0.6) is 0 Å². The molecule has 3 unspecified atom stereocenters. The van der Waals surface area contributed by atoms with Crippen molar-refractivity contribution in [2.75, 3.05) is 0 Å². The largest absolute Gasteiger partial charge is 0.327 e. The van der Waals surface area contributed by atoms with Crippen molar-refractivity contribution in [2.24, 2.45) is 11.7 Å². The molecule has 70 valence electrons. The van der Waals surface area contributed by atoms with Gasteiger partial charge in [0, 0.05) is 24.4 Å². The van der Waals surface area contributed by atoms with Gasteiger partial charge in [0.05, 0.1) is 11.4 Å². The third kappa shape index (κ3) is 1.33. The minimum absolute atomic E-state index is 0.353. The number of aromatic nitrogens is 2. The highest BCUT2D eigenvalue weighted by atomic mass is 14.8. The number of nitrogens with zero attached hydrogens (tertiary/aromatic N) is 2. The van der Waals surface area contributed by atoms with Gasteiger partial charge in [0.2, 0.25) is 0 Å². The first-order chi connectivity index (χ1) is 6.20. The van der Waals surface area contributed by atoms with Crippen molar-refractivity contribution in [1.82, 2.24) is 9.97 Å². The van der Waals surface area contributed by atoms with Crippen LogP contribution in [0.3, 0.4) is 0 Å². The molecule has 1 aromatic rings. The lowest BCUT2D eigenvalue weighted by Gasteiger charge is -2.40. The fourth-order valence-electron chi connectivity index (χ4n) is 1.97. The summed E-state index contributed by atoms with van der Waals surface area (Å²) in [5.41, 5.74) is 8.03. The molecule has 0 aliphatic heterocycles. The number of aryl methyl sites for hydroxylation is 1. The minimum Gasteiger partial charge on any atom is -0.327 e. The van der Waals surface area contributed by atoms with Crippen molar-refractivity contribution in [3.8, 4) is 0 Å². The molecule has 0 bridgehead atoms. The van der Waals surface area contributed by atoms with Gasteiger partial charge in [-0.1, -0.05) is 6.92 Å². The summed E-state index contributed by atoms with van der Waals surface area (Å²) >= 11 is 0. The lowest BCUT2D eigenvalue weighted by Crippen LogP contribution is -2.44. The first-order valence-corrected chi connectivity index (χ1v) is 4.73. The Hall–Kier alpha value is -0.960. The highest BCUT2D eigenvalue weighted by Gasteiger charge is 2.37. The average Bonchev–Trinajstić information content (AvgIpc) is 2.15. The Morgan fingerprint density at radius 3 is 2.62 bits per heavy atom. The van der Waals surface area contributed by atoms with Gasteiger partial charge in [0.25, 0.3) is 0 Å². The van der Waals surface area contributed by atoms with Crippen LogP contribution in [0.1, 0.15) is 30.7 Å². The maximum atomic E-state index is 5.85. The first kappa shape index (κ1) is 8.63. The zero-order chi connectivity index (χ0) is 9.42. The van der Waals surface area contributed by atoms with E-state index in [0.29, 0.717) is 17.9 Å². The topological polar surface area (TPSA) is 51.8 Å². The van der Waals surface area contributed by atoms with Crippen LogP contribution in [0.4, 0.5) is 0 Å². The van der Waals surface area contributed by atoms with E-state index in [1.807, 2.05) is 6.92 Å². The van der Waals surface area contributed by atoms with Crippen LogP contribution in [-0.2, 0) is 0 Å². The third-order valence-corrected chi connectivity index (χ3v) is 3.11. The van der Waals surface area contributed by atoms with E-state index in [1.165, 1.54) is 0 Å². The summed E-state index contributed by atoms with van der Waals surface area (Å²) in [6.07, 6.45) is 4.56. The smallest absolute Gasteiger partial charge is 0.0650 e. The van der Waals surface area contributed by atoms with Crippen LogP contribution in [-0.4, -0.2) is 16.0 Å². The van der Waals surface area contributed by atoms with Crippen LogP contribution in [0.25, 0.3) is 0 Å². The van der Waals surface area contributed by atoms with Gasteiger partial charge in [0.15, 0.2) is 0 Å². The van der Waals surface area contributed by atoms with Crippen molar-refractivity contribution in [3.63, 3.8) is 0 Å². The van der Waals surface area contributed by atoms with Crippen LogP contribution in [0, 0.1) is 12.8 Å². The Bertz CT molecular complexity index is 311. The van der Waals surface area contributed by atoms with Gasteiger partial charge in [-0.2, -0.15) is 0 Å². The summed E-state index contributed by atoms with van der Waals surface area (Å²) in [4.78, 5) is 8.61. The molecule has 0 amide bonds. The summed E-state index contributed by atoms with van der Waals surface area (Å²) < 4.78 is 0. The molecule has 1 fully saturated rings. The average molecular weight is 177 g/mol. The molecule has 2 N–H and O–H groups in total. The molecule has 0 saturated heterocycles. The minimum atomic E-state index is 0.353. The molecule has 1 saturated carbocycles. The lowest BCUT2D eigenvalue weighted by atomic mass is 9.69. The van der Waals surface area contributed by atoms with Crippen LogP contribution >= 0.6 is 0 Å². The molecule has 1 heterocycles. The first-order valence-electron chi connectivity index (χ1n) is 4.73. The molecule has 0 aromatic carbocycles. The standard InChI is InChI=1S/C10H15N3/c1-6-8(5-9(6)11)10-7(2)12-3-4-13-10/h3-4,6,8-9H,5,11H2,1-2H3. The van der Waals surface area contributed by atoms with Crippen molar-refractivity contribution in [3.05, 3.63) is 23.8 Å². The van der Waals surface area contributed by atoms with E-state index in [9.17, 15) is 0 Å². The highest BCUT2D eigenvalue weighted by molar-refractivity contribution is 5.20. The van der Waals surface area contributed by atoms with Crippen LogP contribution in [0.2, 0.25) is 0 Å². The van der Waals surface area contributed by atoms with Crippen molar-refractivity contribution in [1.29, 1.82) is 0 Å². The summed E-state index contributed by atoms with van der Waals surface area (Å²) in [5, 5.41) is 0. The maximum Gasteiger partial charge on any atom is 0.0650 e. The quantitative estimate of drug-likeness (QED) is 0.702. The van der Waals surface area contributed by atoms with Crippen LogP contribution < -0.4 is 5.73 Å². The van der Waals surface area contributed by atoms with E-state index in [-0.39, 0.29) is 0 Å². The Morgan fingerprint density at radius 1 is 1.38 bits per heavy atom. The Balaban J connectivity index is 2.23. The Labute approximate surface area is 78.4 Å². The Morgan fingerprint density at radius 2 is 2.08 bits per heavy atom. The van der Waals surface area contributed by atoms with Gasteiger partial charge in [-0.3, -0.25) is 9.97 Å². The van der Waals surface area contributed by atoms with E-state index in [1.54, 1.807) is 12.4 Å². The van der Waals surface area contributed by atoms with Crippen LogP contribution in [0.15, 0.2) is 12.4 Å². The van der Waals surface area contributed by atoms with Crippen molar-refractivity contribution in [2.45, 2.75) is 32.2 Å². The van der Waals surface area contributed by atoms with E-state index < -0.39 is 0 Å². The van der Waals surface area contributed by atoms with E-state index in [0.717, 1.165) is 17.8 Å². The normalized spacial score (nSPS) is 32.7. The molecule has 3 atom stereocenters. The number of hydrogen-bond donors (Lipinski definition) is 1. The molecule has 13 heavy (non-hydrogen) atoms. The second-order valence-corrected chi connectivity index (χ2v) is 3.89. The third-order valence-electron chi connectivity index (χ3n) is 3.11. The summed E-state index contributed by atoms with van der Waals surface area (Å²) in [6, 6.07) is 0.353. The lowest BCUT2D eigenvalue weighted by molar-refractivity contribution is 0.221. The van der Waals surface area contributed by atoms with Gasteiger partial charge in [0.1, 0.15) is 0 Å². The molecule has 1 aliphatic rings. The summed E-state index contributed by atoms with van der Waals surface area (Å²) in [7, 11) is 0. The fraction of sp³-hybridized carbons (Fsp3) is 0.600. The predicted molar refractivity (Wildman–Crippen MR) is 51.3 cm³/mol. The van der Waals surface area contributed by atoms with Crippen molar-refractivity contribution >= 4 is 0 Å². The second-order valence-electron chi connectivity index (χ2n) is 3.89. The van der Waals surface area contributed by atoms with Crippen molar-refractivity contribution < 1.29 is 0 Å². The molecular formula is C10H15N3. The monoisotopic (exact) mass is 177 g/mol. The van der Waals surface area contributed by atoms with E-state index >= 15 is 0 Å². The predicted octanol–water partition coefficient (Wildman–Crippen LogP) is 1.24. The zero-order valence-corrected chi connectivity index (χ0v) is 8.07. The summed E-state index contributed by atoms with van der Waals surface area (Å²) in [5.74, 6) is 1.08. The van der Waals surface area contributed by atoms with E-state index in [2.05, 4.69) is 16.9 Å². The van der Waals surface area contributed by atoms with Gasteiger partial charge in [-0.15, -0.1) is 0 Å². The molecule has 0 radical (unpaired) electrons. The van der Waals surface area contributed by atoms with Gasteiger partial charge in [-0.25, -0.2) is 0 Å². The fourth-order valence-corrected chi connectivity index (χ4v) is 1.97. The molecule has 3 heteroatoms. The summed E-state index contributed by atoms with van der Waals surface area (Å²) in [6.45, 7) is 4.20. The molecular weight excluding hydrogens is 162 g/mol. The molecule has 3 nitrogen and oxygen atoms in total. The SMILES string of the molecule is Cc1nccnc1C1CC(N)C1C. The maximum absolute atomic E-state index is 5.85. The number of hydrogen-bond acceptors (Lipinski definition) is 3. The highest BCUT2D eigenvalue weighted by Crippen LogP contribution is 2.40. The number of nitrogens with two attached hydrogens (primary N) is 1. The zero-order valence-electron chi connectivity index (χ0n) is 8.07.